The van der Waals surface area contributed by atoms with Gasteiger partial charge in [0.1, 0.15) is 12.1 Å². The van der Waals surface area contributed by atoms with Gasteiger partial charge >= 0.3 is 0 Å². The van der Waals surface area contributed by atoms with E-state index in [1.54, 1.807) is 12.3 Å². The maximum absolute atomic E-state index is 11.8. The van der Waals surface area contributed by atoms with Crippen LogP contribution in [0.25, 0.3) is 0 Å². The van der Waals surface area contributed by atoms with Crippen molar-refractivity contribution in [2.24, 2.45) is 0 Å². The van der Waals surface area contributed by atoms with Crippen LogP contribution in [0.3, 0.4) is 0 Å². The first-order valence-corrected chi connectivity index (χ1v) is 5.36. The van der Waals surface area contributed by atoms with Gasteiger partial charge in [0.2, 0.25) is 0 Å². The molecule has 0 N–H and O–H groups in total. The highest BCUT2D eigenvalue weighted by Gasteiger charge is 2.11. The number of Topliss-reactive ketones (excluding diaryl/α,β-unsaturated/α-hetero) is 1. The summed E-state index contributed by atoms with van der Waals surface area (Å²) in [5.41, 5.74) is 0.603. The van der Waals surface area contributed by atoms with Crippen LogP contribution in [0.15, 0.2) is 35.4 Å². The smallest absolute Gasteiger partial charge is 0.173 e. The van der Waals surface area contributed by atoms with Crippen LogP contribution >= 0.6 is 0 Å². The zero-order valence-electron chi connectivity index (χ0n) is 9.22. The highest BCUT2D eigenvalue weighted by atomic mass is 16.3. The lowest BCUT2D eigenvalue weighted by Crippen LogP contribution is -2.09. The van der Waals surface area contributed by atoms with Crippen LogP contribution in [0.2, 0.25) is 0 Å². The fourth-order valence-corrected chi connectivity index (χ4v) is 1.62. The van der Waals surface area contributed by atoms with Gasteiger partial charge in [-0.3, -0.25) is 4.79 Å². The molecule has 0 aliphatic rings. The third-order valence-electron chi connectivity index (χ3n) is 2.43. The van der Waals surface area contributed by atoms with Crippen molar-refractivity contribution >= 4 is 5.78 Å². The van der Waals surface area contributed by atoms with E-state index in [1.165, 1.54) is 12.5 Å². The van der Waals surface area contributed by atoms with Gasteiger partial charge in [-0.25, -0.2) is 4.98 Å². The quantitative estimate of drug-likeness (QED) is 0.723. The standard InChI is InChI=1S/C12H14N2O2/c1-2-5-14-6-4-13-12(14)8-11(15)10-3-7-16-9-10/h3-4,6-7,9H,2,5,8H2,1H3. The summed E-state index contributed by atoms with van der Waals surface area (Å²) in [5.74, 6) is 0.852. The number of imidazole rings is 1. The second-order valence-corrected chi connectivity index (χ2v) is 3.65. The van der Waals surface area contributed by atoms with Crippen molar-refractivity contribution in [3.05, 3.63) is 42.4 Å². The Morgan fingerprint density at radius 1 is 1.56 bits per heavy atom. The molecule has 84 valence electrons. The fourth-order valence-electron chi connectivity index (χ4n) is 1.62. The minimum absolute atomic E-state index is 0.0392. The number of aromatic nitrogens is 2. The molecule has 0 aromatic carbocycles. The molecule has 0 amide bonds. The van der Waals surface area contributed by atoms with Crippen molar-refractivity contribution in [2.45, 2.75) is 26.3 Å². The second kappa shape index (κ2) is 4.79. The first kappa shape index (κ1) is 10.7. The van der Waals surface area contributed by atoms with E-state index in [1.807, 2.05) is 10.8 Å². The number of hydrogen-bond acceptors (Lipinski definition) is 3. The average Bonchev–Trinajstić information content (AvgIpc) is 2.90. The normalized spacial score (nSPS) is 10.6. The Morgan fingerprint density at radius 3 is 3.12 bits per heavy atom. The van der Waals surface area contributed by atoms with E-state index in [-0.39, 0.29) is 5.78 Å². The maximum atomic E-state index is 11.8. The third kappa shape index (κ3) is 2.21. The second-order valence-electron chi connectivity index (χ2n) is 3.65. The average molecular weight is 218 g/mol. The topological polar surface area (TPSA) is 48.0 Å². The first-order chi connectivity index (χ1) is 7.81. The van der Waals surface area contributed by atoms with Crippen LogP contribution in [0.1, 0.15) is 29.5 Å². The van der Waals surface area contributed by atoms with E-state index in [0.29, 0.717) is 12.0 Å². The SMILES string of the molecule is CCCn1ccnc1CC(=O)c1ccoc1. The van der Waals surface area contributed by atoms with Crippen LogP contribution < -0.4 is 0 Å². The van der Waals surface area contributed by atoms with Crippen molar-refractivity contribution < 1.29 is 9.21 Å². The number of carbonyl (C=O) groups is 1. The number of carbonyl (C=O) groups excluding carboxylic acids is 1. The monoisotopic (exact) mass is 218 g/mol. The zero-order valence-corrected chi connectivity index (χ0v) is 9.22. The molecular weight excluding hydrogens is 204 g/mol. The third-order valence-corrected chi connectivity index (χ3v) is 2.43. The van der Waals surface area contributed by atoms with E-state index in [2.05, 4.69) is 11.9 Å². The van der Waals surface area contributed by atoms with Crippen molar-refractivity contribution in [1.29, 1.82) is 0 Å². The molecule has 0 fully saturated rings. The molecule has 16 heavy (non-hydrogen) atoms. The molecule has 0 radical (unpaired) electrons. The zero-order chi connectivity index (χ0) is 11.4. The molecule has 2 aromatic heterocycles. The summed E-state index contributed by atoms with van der Waals surface area (Å²) in [6, 6.07) is 1.68. The molecule has 0 spiro atoms. The van der Waals surface area contributed by atoms with E-state index >= 15 is 0 Å². The summed E-state index contributed by atoms with van der Waals surface area (Å²) in [5, 5.41) is 0. The molecule has 2 heterocycles. The van der Waals surface area contributed by atoms with Gasteiger partial charge in [-0.05, 0) is 12.5 Å². The molecule has 0 aliphatic heterocycles. The summed E-state index contributed by atoms with van der Waals surface area (Å²) in [7, 11) is 0. The van der Waals surface area contributed by atoms with Gasteiger partial charge < -0.3 is 8.98 Å². The van der Waals surface area contributed by atoms with E-state index < -0.39 is 0 Å². The molecule has 0 atom stereocenters. The van der Waals surface area contributed by atoms with Crippen molar-refractivity contribution in [3.63, 3.8) is 0 Å². The predicted octanol–water partition coefficient (Wildman–Crippen LogP) is 2.31. The summed E-state index contributed by atoms with van der Waals surface area (Å²) in [6.45, 7) is 3.00. The molecule has 4 nitrogen and oxygen atoms in total. The predicted molar refractivity (Wildman–Crippen MR) is 59.3 cm³/mol. The van der Waals surface area contributed by atoms with Crippen LogP contribution in [0, 0.1) is 0 Å². The Labute approximate surface area is 93.9 Å². The van der Waals surface area contributed by atoms with Gasteiger partial charge in [-0.15, -0.1) is 0 Å². The first-order valence-electron chi connectivity index (χ1n) is 5.36. The number of nitrogens with zero attached hydrogens (tertiary/aromatic N) is 2. The van der Waals surface area contributed by atoms with Gasteiger partial charge in [-0.1, -0.05) is 6.92 Å². The molecule has 0 saturated carbocycles. The lowest BCUT2D eigenvalue weighted by molar-refractivity contribution is 0.0989. The summed E-state index contributed by atoms with van der Waals surface area (Å²) in [4.78, 5) is 16.0. The minimum Gasteiger partial charge on any atom is -0.472 e. The molecule has 0 saturated heterocycles. The van der Waals surface area contributed by atoms with Gasteiger partial charge in [0.15, 0.2) is 5.78 Å². The Balaban J connectivity index is 2.09. The molecule has 2 aromatic rings. The van der Waals surface area contributed by atoms with Crippen LogP contribution in [0.4, 0.5) is 0 Å². The Kier molecular flexibility index (Phi) is 3.19. The Bertz CT molecular complexity index is 457. The molecule has 0 bridgehead atoms. The summed E-state index contributed by atoms with van der Waals surface area (Å²) in [6.07, 6.45) is 7.96. The molecular formula is C12H14N2O2. The Hall–Kier alpha value is -1.84. The highest BCUT2D eigenvalue weighted by molar-refractivity contribution is 5.96. The van der Waals surface area contributed by atoms with Crippen molar-refractivity contribution in [3.8, 4) is 0 Å². The molecule has 4 heteroatoms. The summed E-state index contributed by atoms with van der Waals surface area (Å²) < 4.78 is 6.90. The van der Waals surface area contributed by atoms with Crippen molar-refractivity contribution in [1.82, 2.24) is 9.55 Å². The van der Waals surface area contributed by atoms with Gasteiger partial charge in [0.05, 0.1) is 18.2 Å². The number of ketones is 1. The van der Waals surface area contributed by atoms with Gasteiger partial charge in [0.25, 0.3) is 0 Å². The van der Waals surface area contributed by atoms with Crippen molar-refractivity contribution in [2.75, 3.05) is 0 Å². The minimum atomic E-state index is 0.0392. The summed E-state index contributed by atoms with van der Waals surface area (Å²) >= 11 is 0. The molecule has 2 rings (SSSR count). The van der Waals surface area contributed by atoms with Gasteiger partial charge in [0, 0.05) is 18.9 Å². The highest BCUT2D eigenvalue weighted by Crippen LogP contribution is 2.07. The number of aryl methyl sites for hydroxylation is 1. The molecule has 0 unspecified atom stereocenters. The Morgan fingerprint density at radius 2 is 2.44 bits per heavy atom. The number of hydrogen-bond donors (Lipinski definition) is 0. The van der Waals surface area contributed by atoms with Gasteiger partial charge in [-0.2, -0.15) is 0 Å². The van der Waals surface area contributed by atoms with E-state index in [9.17, 15) is 4.79 Å². The number of furan rings is 1. The lowest BCUT2D eigenvalue weighted by atomic mass is 10.1. The van der Waals surface area contributed by atoms with Crippen LogP contribution in [0.5, 0.6) is 0 Å². The largest absolute Gasteiger partial charge is 0.472 e. The fraction of sp³-hybridized carbons (Fsp3) is 0.333. The lowest BCUT2D eigenvalue weighted by Gasteiger charge is -2.04. The van der Waals surface area contributed by atoms with Crippen LogP contribution in [-0.2, 0) is 13.0 Å². The number of rotatable bonds is 5. The molecule has 0 aliphatic carbocycles. The van der Waals surface area contributed by atoms with Crippen LogP contribution in [-0.4, -0.2) is 15.3 Å². The van der Waals surface area contributed by atoms with E-state index in [0.717, 1.165) is 18.8 Å². The van der Waals surface area contributed by atoms with E-state index in [4.69, 9.17) is 4.42 Å². The maximum Gasteiger partial charge on any atom is 0.173 e.